The standard InChI is InChI=1S/C22H24N2O4/c25-21-18-13-7-8-14-19(18)23-24-20(17-11-5-4-6-12-17)22(26)28-16-10-3-1-2-9-15-27-21/h4-8,11-14,23H,1-3,9-10,15-16H2/b24-20-. The summed E-state index contributed by atoms with van der Waals surface area (Å²) in [6.45, 7) is 0.747. The van der Waals surface area contributed by atoms with Gasteiger partial charge in [-0.25, -0.2) is 9.59 Å². The number of anilines is 1. The molecule has 0 saturated heterocycles. The highest BCUT2D eigenvalue weighted by atomic mass is 16.5. The normalized spacial score (nSPS) is 18.6. The lowest BCUT2D eigenvalue weighted by Crippen LogP contribution is -2.21. The third kappa shape index (κ3) is 5.42. The Morgan fingerprint density at radius 3 is 2.07 bits per heavy atom. The maximum Gasteiger partial charge on any atom is 0.359 e. The van der Waals surface area contributed by atoms with Gasteiger partial charge in [-0.2, -0.15) is 5.10 Å². The van der Waals surface area contributed by atoms with E-state index in [1.54, 1.807) is 36.4 Å². The Balaban J connectivity index is 1.90. The van der Waals surface area contributed by atoms with Gasteiger partial charge in [-0.15, -0.1) is 0 Å². The number of fused-ring (bicyclic) bond motifs is 1. The van der Waals surface area contributed by atoms with E-state index in [9.17, 15) is 9.59 Å². The van der Waals surface area contributed by atoms with E-state index in [0.717, 1.165) is 32.1 Å². The first-order valence-electron chi connectivity index (χ1n) is 9.58. The van der Waals surface area contributed by atoms with Gasteiger partial charge in [-0.05, 0) is 25.0 Å². The number of carbonyl (C=O) groups is 2. The number of nitrogens with one attached hydrogen (secondary N) is 1. The molecule has 0 saturated carbocycles. The monoisotopic (exact) mass is 380 g/mol. The molecule has 0 unspecified atom stereocenters. The van der Waals surface area contributed by atoms with Crippen molar-refractivity contribution in [1.82, 2.24) is 0 Å². The predicted octanol–water partition coefficient (Wildman–Crippen LogP) is 4.17. The molecule has 1 aliphatic rings. The van der Waals surface area contributed by atoms with Crippen molar-refractivity contribution in [3.63, 3.8) is 0 Å². The molecule has 2 aromatic carbocycles. The highest BCUT2D eigenvalue weighted by molar-refractivity contribution is 6.43. The van der Waals surface area contributed by atoms with Gasteiger partial charge in [0.25, 0.3) is 0 Å². The van der Waals surface area contributed by atoms with E-state index in [-0.39, 0.29) is 5.71 Å². The van der Waals surface area contributed by atoms with Gasteiger partial charge >= 0.3 is 11.9 Å². The fraction of sp³-hybridized carbons (Fsp3) is 0.318. The second-order valence-corrected chi connectivity index (χ2v) is 6.52. The van der Waals surface area contributed by atoms with Crippen molar-refractivity contribution in [2.24, 2.45) is 5.10 Å². The van der Waals surface area contributed by atoms with Gasteiger partial charge in [0.2, 0.25) is 0 Å². The molecular formula is C22H24N2O4. The third-order valence-electron chi connectivity index (χ3n) is 4.43. The Bertz CT molecular complexity index is 833. The van der Waals surface area contributed by atoms with Crippen molar-refractivity contribution in [3.8, 4) is 0 Å². The van der Waals surface area contributed by atoms with Gasteiger partial charge in [-0.3, -0.25) is 5.43 Å². The molecule has 0 atom stereocenters. The first-order chi connectivity index (χ1) is 13.8. The maximum atomic E-state index is 12.6. The zero-order valence-corrected chi connectivity index (χ0v) is 15.7. The average molecular weight is 380 g/mol. The Labute approximate surface area is 164 Å². The van der Waals surface area contributed by atoms with Crippen molar-refractivity contribution >= 4 is 23.3 Å². The number of esters is 2. The molecule has 28 heavy (non-hydrogen) atoms. The van der Waals surface area contributed by atoms with E-state index < -0.39 is 11.9 Å². The molecule has 0 aromatic heterocycles. The molecule has 0 amide bonds. The third-order valence-corrected chi connectivity index (χ3v) is 4.43. The van der Waals surface area contributed by atoms with Crippen LogP contribution >= 0.6 is 0 Å². The SMILES string of the molecule is O=C1OCCCCCCCOC(=O)c2ccccc2N/N=C\1c1ccccc1. The second kappa shape index (κ2) is 10.3. The minimum Gasteiger partial charge on any atom is -0.462 e. The highest BCUT2D eigenvalue weighted by Crippen LogP contribution is 2.17. The summed E-state index contributed by atoms with van der Waals surface area (Å²) in [4.78, 5) is 25.0. The van der Waals surface area contributed by atoms with E-state index >= 15 is 0 Å². The fourth-order valence-electron chi connectivity index (χ4n) is 2.91. The molecule has 0 spiro atoms. The van der Waals surface area contributed by atoms with Gasteiger partial charge in [-0.1, -0.05) is 61.7 Å². The largest absolute Gasteiger partial charge is 0.462 e. The van der Waals surface area contributed by atoms with Crippen LogP contribution in [0.3, 0.4) is 0 Å². The lowest BCUT2D eigenvalue weighted by molar-refractivity contribution is -0.135. The van der Waals surface area contributed by atoms with Crippen LogP contribution < -0.4 is 5.43 Å². The van der Waals surface area contributed by atoms with Crippen LogP contribution in [0, 0.1) is 0 Å². The highest BCUT2D eigenvalue weighted by Gasteiger charge is 2.17. The number of carbonyl (C=O) groups excluding carboxylic acids is 2. The van der Waals surface area contributed by atoms with Gasteiger partial charge in [0.15, 0.2) is 5.71 Å². The Morgan fingerprint density at radius 1 is 0.714 bits per heavy atom. The molecule has 146 valence electrons. The van der Waals surface area contributed by atoms with Crippen molar-refractivity contribution in [2.75, 3.05) is 18.6 Å². The number of rotatable bonds is 1. The molecular weight excluding hydrogens is 356 g/mol. The molecule has 1 aliphatic heterocycles. The Morgan fingerprint density at radius 2 is 1.32 bits per heavy atom. The Kier molecular flexibility index (Phi) is 7.18. The zero-order valence-electron chi connectivity index (χ0n) is 15.7. The average Bonchev–Trinajstić information content (AvgIpc) is 2.73. The molecule has 0 bridgehead atoms. The molecule has 0 fully saturated rings. The van der Waals surface area contributed by atoms with E-state index in [1.165, 1.54) is 0 Å². The number of benzene rings is 2. The van der Waals surface area contributed by atoms with E-state index in [4.69, 9.17) is 9.47 Å². The van der Waals surface area contributed by atoms with E-state index in [2.05, 4.69) is 10.5 Å². The fourth-order valence-corrected chi connectivity index (χ4v) is 2.91. The lowest BCUT2D eigenvalue weighted by Gasteiger charge is -2.12. The second-order valence-electron chi connectivity index (χ2n) is 6.52. The summed E-state index contributed by atoms with van der Waals surface area (Å²) < 4.78 is 10.8. The van der Waals surface area contributed by atoms with Gasteiger partial charge in [0.05, 0.1) is 24.5 Å². The molecule has 6 nitrogen and oxygen atoms in total. The maximum absolute atomic E-state index is 12.6. The first-order valence-corrected chi connectivity index (χ1v) is 9.58. The van der Waals surface area contributed by atoms with E-state index in [0.29, 0.717) is 30.0 Å². The number of hydrazone groups is 1. The van der Waals surface area contributed by atoms with Crippen molar-refractivity contribution < 1.29 is 19.1 Å². The molecule has 0 radical (unpaired) electrons. The molecule has 3 rings (SSSR count). The van der Waals surface area contributed by atoms with Crippen LogP contribution in [0.25, 0.3) is 0 Å². The predicted molar refractivity (Wildman–Crippen MR) is 107 cm³/mol. The molecule has 2 aromatic rings. The number of nitrogens with zero attached hydrogens (tertiary/aromatic N) is 1. The van der Waals surface area contributed by atoms with Crippen LogP contribution in [0.5, 0.6) is 0 Å². The molecule has 1 heterocycles. The number of cyclic esters (lactones) is 2. The van der Waals surface area contributed by atoms with Crippen LogP contribution in [-0.4, -0.2) is 30.9 Å². The molecule has 0 aliphatic carbocycles. The van der Waals surface area contributed by atoms with Crippen LogP contribution in [0.4, 0.5) is 5.69 Å². The van der Waals surface area contributed by atoms with Crippen LogP contribution in [0.1, 0.15) is 48.0 Å². The summed E-state index contributed by atoms with van der Waals surface area (Å²) in [6.07, 6.45) is 4.55. The summed E-state index contributed by atoms with van der Waals surface area (Å²) >= 11 is 0. The summed E-state index contributed by atoms with van der Waals surface area (Å²) in [7, 11) is 0. The molecule has 6 heteroatoms. The first kappa shape index (κ1) is 19.6. The summed E-state index contributed by atoms with van der Waals surface area (Å²) in [5.41, 5.74) is 4.49. The van der Waals surface area contributed by atoms with Crippen molar-refractivity contribution in [2.45, 2.75) is 32.1 Å². The summed E-state index contributed by atoms with van der Waals surface area (Å²) in [5, 5.41) is 4.26. The van der Waals surface area contributed by atoms with Crippen LogP contribution in [-0.2, 0) is 14.3 Å². The number of hydrogen-bond acceptors (Lipinski definition) is 6. The van der Waals surface area contributed by atoms with Gasteiger partial charge < -0.3 is 9.47 Å². The number of ether oxygens (including phenoxy) is 2. The van der Waals surface area contributed by atoms with Gasteiger partial charge in [0.1, 0.15) is 0 Å². The van der Waals surface area contributed by atoms with Gasteiger partial charge in [0, 0.05) is 5.56 Å². The molecule has 1 N–H and O–H groups in total. The van der Waals surface area contributed by atoms with Crippen molar-refractivity contribution in [3.05, 3.63) is 65.7 Å². The van der Waals surface area contributed by atoms with Crippen LogP contribution in [0.2, 0.25) is 0 Å². The summed E-state index contributed by atoms with van der Waals surface area (Å²) in [5.74, 6) is -0.903. The number of para-hydroxylation sites is 1. The minimum atomic E-state index is -0.495. The number of hydrogen-bond donors (Lipinski definition) is 1. The topological polar surface area (TPSA) is 77.0 Å². The smallest absolute Gasteiger partial charge is 0.359 e. The Hall–Kier alpha value is -3.15. The quantitative estimate of drug-likeness (QED) is 0.752. The lowest BCUT2D eigenvalue weighted by atomic mass is 10.1. The summed E-state index contributed by atoms with van der Waals surface area (Å²) in [6, 6.07) is 16.0. The van der Waals surface area contributed by atoms with Crippen LogP contribution in [0.15, 0.2) is 59.7 Å². The van der Waals surface area contributed by atoms with E-state index in [1.807, 2.05) is 18.2 Å². The zero-order chi connectivity index (χ0) is 19.6. The van der Waals surface area contributed by atoms with Crippen molar-refractivity contribution in [1.29, 1.82) is 0 Å². The minimum absolute atomic E-state index is 0.163.